The lowest BCUT2D eigenvalue weighted by Crippen LogP contribution is -3.14. The smallest absolute Gasteiger partial charge is 0.303 e. The third-order valence-corrected chi connectivity index (χ3v) is 6.15. The number of hydrogen-bond acceptors (Lipinski definition) is 3. The molecule has 2 N–H and O–H groups in total. The van der Waals surface area contributed by atoms with Crippen molar-refractivity contribution in [3.63, 3.8) is 0 Å². The Morgan fingerprint density at radius 1 is 1.10 bits per heavy atom. The van der Waals surface area contributed by atoms with E-state index in [0.717, 1.165) is 37.2 Å². The van der Waals surface area contributed by atoms with Crippen LogP contribution in [0.15, 0.2) is 48.5 Å². The Hall–Kier alpha value is -2.99. The van der Waals surface area contributed by atoms with Crippen LogP contribution in [0.3, 0.4) is 0 Å². The molecular formula is C24H28N3O3+. The van der Waals surface area contributed by atoms with Crippen molar-refractivity contribution >= 4 is 29.0 Å². The summed E-state index contributed by atoms with van der Waals surface area (Å²) in [5.41, 5.74) is 3.11. The van der Waals surface area contributed by atoms with E-state index in [-0.39, 0.29) is 11.8 Å². The maximum Gasteiger partial charge on any atom is 0.303 e. The van der Waals surface area contributed by atoms with Crippen molar-refractivity contribution in [1.29, 1.82) is 0 Å². The number of Topliss-reactive ketones (excluding diaryl/α,β-unsaturated/α-hetero) is 1. The number of anilines is 2. The summed E-state index contributed by atoms with van der Waals surface area (Å²) in [4.78, 5) is 40.4. The Bertz CT molecular complexity index is 963. The Morgan fingerprint density at radius 2 is 1.80 bits per heavy atom. The van der Waals surface area contributed by atoms with E-state index in [4.69, 9.17) is 0 Å². The minimum atomic E-state index is -0.442. The van der Waals surface area contributed by atoms with Gasteiger partial charge in [0.05, 0.1) is 24.3 Å². The van der Waals surface area contributed by atoms with Crippen LogP contribution in [0, 0.1) is 5.92 Å². The van der Waals surface area contributed by atoms with Crippen molar-refractivity contribution in [2.24, 2.45) is 5.92 Å². The molecule has 6 nitrogen and oxygen atoms in total. The Morgan fingerprint density at radius 3 is 2.47 bits per heavy atom. The van der Waals surface area contributed by atoms with E-state index in [0.29, 0.717) is 23.8 Å². The van der Waals surface area contributed by atoms with E-state index in [1.165, 1.54) is 4.90 Å². The summed E-state index contributed by atoms with van der Waals surface area (Å²) in [5.74, 6) is -0.518. The second-order valence-corrected chi connectivity index (χ2v) is 8.53. The van der Waals surface area contributed by atoms with Crippen LogP contribution in [0.1, 0.15) is 48.5 Å². The van der Waals surface area contributed by atoms with Crippen molar-refractivity contribution in [2.75, 3.05) is 30.0 Å². The van der Waals surface area contributed by atoms with Crippen LogP contribution in [0.25, 0.3) is 0 Å². The molecule has 0 spiro atoms. The highest BCUT2D eigenvalue weighted by molar-refractivity contribution is 6.52. The van der Waals surface area contributed by atoms with Gasteiger partial charge in [-0.3, -0.25) is 19.3 Å². The summed E-state index contributed by atoms with van der Waals surface area (Å²) < 4.78 is 0. The highest BCUT2D eigenvalue weighted by atomic mass is 16.2. The number of piperidine rings is 1. The number of rotatable bonds is 5. The summed E-state index contributed by atoms with van der Waals surface area (Å²) in [5, 5.41) is 2.98. The first kappa shape index (κ1) is 20.3. The van der Waals surface area contributed by atoms with Gasteiger partial charge >= 0.3 is 5.91 Å². The largest absolute Gasteiger partial charge is 0.326 e. The van der Waals surface area contributed by atoms with E-state index < -0.39 is 11.7 Å². The number of carbonyl (C=O) groups excluding carboxylic acids is 3. The SMILES string of the molecule is CC(C)c1ccc2c(c1)C(=O)C(=O)N2C[NH+]1CCC(C(=O)Nc2ccccc2)CC1. The highest BCUT2D eigenvalue weighted by Crippen LogP contribution is 2.31. The van der Waals surface area contributed by atoms with Crippen LogP contribution in [-0.2, 0) is 9.59 Å². The third kappa shape index (κ3) is 4.00. The molecule has 0 aliphatic carbocycles. The molecule has 1 saturated heterocycles. The second kappa shape index (κ2) is 8.40. The van der Waals surface area contributed by atoms with Crippen LogP contribution in [0.4, 0.5) is 11.4 Å². The summed E-state index contributed by atoms with van der Waals surface area (Å²) in [6.45, 7) is 6.20. The van der Waals surface area contributed by atoms with Gasteiger partial charge in [0.2, 0.25) is 5.91 Å². The molecule has 2 heterocycles. The van der Waals surface area contributed by atoms with Gasteiger partial charge in [-0.2, -0.15) is 0 Å². The van der Waals surface area contributed by atoms with Gasteiger partial charge in [0.25, 0.3) is 5.78 Å². The highest BCUT2D eigenvalue weighted by Gasteiger charge is 2.39. The topological polar surface area (TPSA) is 70.9 Å². The minimum Gasteiger partial charge on any atom is -0.326 e. The lowest BCUT2D eigenvalue weighted by Gasteiger charge is -2.31. The first-order valence-electron chi connectivity index (χ1n) is 10.6. The number of para-hydroxylation sites is 1. The maximum atomic E-state index is 12.6. The maximum absolute atomic E-state index is 12.6. The molecular weight excluding hydrogens is 378 g/mol. The summed E-state index contributed by atoms with van der Waals surface area (Å²) >= 11 is 0. The average molecular weight is 407 g/mol. The molecule has 2 aromatic rings. The zero-order valence-electron chi connectivity index (χ0n) is 17.5. The standard InChI is InChI=1S/C24H27N3O3/c1-16(2)18-8-9-21-20(14-18)22(28)24(30)27(21)15-26-12-10-17(11-13-26)23(29)25-19-6-4-3-5-7-19/h3-9,14,16-17H,10-13,15H2,1-2H3,(H,25,29)/p+1. The number of likely N-dealkylation sites (tertiary alicyclic amines) is 1. The first-order valence-corrected chi connectivity index (χ1v) is 10.6. The molecule has 2 aliphatic rings. The van der Waals surface area contributed by atoms with Gasteiger partial charge in [0.15, 0.2) is 6.67 Å². The lowest BCUT2D eigenvalue weighted by molar-refractivity contribution is -0.904. The van der Waals surface area contributed by atoms with Crippen LogP contribution in [-0.4, -0.2) is 37.4 Å². The van der Waals surface area contributed by atoms with Crippen LogP contribution in [0.5, 0.6) is 0 Å². The lowest BCUT2D eigenvalue weighted by atomic mass is 9.96. The molecule has 4 rings (SSSR count). The zero-order valence-corrected chi connectivity index (χ0v) is 17.5. The van der Waals surface area contributed by atoms with Crippen LogP contribution in [0.2, 0.25) is 0 Å². The molecule has 0 aromatic heterocycles. The number of amides is 2. The molecule has 2 aliphatic heterocycles. The molecule has 1 fully saturated rings. The summed E-state index contributed by atoms with van der Waals surface area (Å²) in [6, 6.07) is 15.2. The fraction of sp³-hybridized carbons (Fsp3) is 0.375. The monoisotopic (exact) mass is 406 g/mol. The number of quaternary nitrogens is 1. The molecule has 0 unspecified atom stereocenters. The first-order chi connectivity index (χ1) is 14.4. The van der Waals surface area contributed by atoms with E-state index in [1.807, 2.05) is 48.5 Å². The fourth-order valence-corrected chi connectivity index (χ4v) is 4.27. The fourth-order valence-electron chi connectivity index (χ4n) is 4.27. The van der Waals surface area contributed by atoms with E-state index >= 15 is 0 Å². The van der Waals surface area contributed by atoms with Gasteiger partial charge in [-0.05, 0) is 35.7 Å². The zero-order chi connectivity index (χ0) is 21.3. The Labute approximate surface area is 176 Å². The van der Waals surface area contributed by atoms with Gasteiger partial charge < -0.3 is 10.2 Å². The summed E-state index contributed by atoms with van der Waals surface area (Å²) in [7, 11) is 0. The van der Waals surface area contributed by atoms with E-state index in [9.17, 15) is 14.4 Å². The quantitative estimate of drug-likeness (QED) is 0.748. The normalized spacial score (nSPS) is 21.1. The van der Waals surface area contributed by atoms with Gasteiger partial charge in [0, 0.05) is 24.4 Å². The molecule has 0 saturated carbocycles. The Balaban J connectivity index is 1.37. The molecule has 0 atom stereocenters. The van der Waals surface area contributed by atoms with Gasteiger partial charge in [0.1, 0.15) is 0 Å². The van der Waals surface area contributed by atoms with Gasteiger partial charge in [-0.25, -0.2) is 0 Å². The van der Waals surface area contributed by atoms with Crippen molar-refractivity contribution < 1.29 is 19.3 Å². The number of hydrogen-bond donors (Lipinski definition) is 2. The predicted molar refractivity (Wildman–Crippen MR) is 116 cm³/mol. The molecule has 30 heavy (non-hydrogen) atoms. The van der Waals surface area contributed by atoms with Crippen molar-refractivity contribution in [1.82, 2.24) is 0 Å². The van der Waals surface area contributed by atoms with E-state index in [2.05, 4.69) is 19.2 Å². The molecule has 2 amide bonds. The van der Waals surface area contributed by atoms with Gasteiger partial charge in [-0.1, -0.05) is 38.1 Å². The van der Waals surface area contributed by atoms with Crippen molar-refractivity contribution in [3.8, 4) is 0 Å². The average Bonchev–Trinajstić information content (AvgIpc) is 2.99. The molecule has 0 radical (unpaired) electrons. The summed E-state index contributed by atoms with van der Waals surface area (Å²) in [6.07, 6.45) is 1.53. The number of nitrogens with one attached hydrogen (secondary N) is 2. The third-order valence-electron chi connectivity index (χ3n) is 6.15. The minimum absolute atomic E-state index is 0.0225. The second-order valence-electron chi connectivity index (χ2n) is 8.53. The number of fused-ring (bicyclic) bond motifs is 1. The van der Waals surface area contributed by atoms with Gasteiger partial charge in [-0.15, -0.1) is 0 Å². The molecule has 6 heteroatoms. The predicted octanol–water partition coefficient (Wildman–Crippen LogP) is 2.23. The van der Waals surface area contributed by atoms with E-state index in [1.54, 1.807) is 4.90 Å². The van der Waals surface area contributed by atoms with Crippen LogP contribution >= 0.6 is 0 Å². The number of ketones is 1. The number of benzene rings is 2. The number of carbonyl (C=O) groups is 3. The van der Waals surface area contributed by atoms with Crippen LogP contribution < -0.4 is 15.1 Å². The molecule has 0 bridgehead atoms. The molecule has 156 valence electrons. The van der Waals surface area contributed by atoms with Crippen molar-refractivity contribution in [2.45, 2.75) is 32.6 Å². The molecule has 2 aromatic carbocycles. The van der Waals surface area contributed by atoms with Crippen molar-refractivity contribution in [3.05, 3.63) is 59.7 Å². The number of nitrogens with zero attached hydrogens (tertiary/aromatic N) is 1. The Kier molecular flexibility index (Phi) is 5.68.